The minimum Gasteiger partial charge on any atom is -0.263 e. The van der Waals surface area contributed by atoms with Crippen LogP contribution < -0.4 is 4.31 Å². The second kappa shape index (κ2) is 7.42. The van der Waals surface area contributed by atoms with Crippen LogP contribution in [0.25, 0.3) is 0 Å². The van der Waals surface area contributed by atoms with Gasteiger partial charge in [0.15, 0.2) is 0 Å². The molecule has 6 nitrogen and oxygen atoms in total. The van der Waals surface area contributed by atoms with E-state index < -0.39 is 20.0 Å². The first-order valence-corrected chi connectivity index (χ1v) is 12.9. The number of anilines is 1. The number of sulfonamides is 2. The first kappa shape index (κ1) is 20.9. The summed E-state index contributed by atoms with van der Waals surface area (Å²) >= 11 is 12.1. The van der Waals surface area contributed by atoms with Crippen molar-refractivity contribution in [3.8, 4) is 0 Å². The van der Waals surface area contributed by atoms with Crippen LogP contribution >= 0.6 is 23.2 Å². The fraction of sp³-hybridized carbons (Fsp3) is 0.368. The van der Waals surface area contributed by atoms with E-state index in [0.717, 1.165) is 12.8 Å². The Labute approximate surface area is 181 Å². The molecule has 0 unspecified atom stereocenters. The molecule has 1 fully saturated rings. The first-order valence-electron chi connectivity index (χ1n) is 9.25. The number of halogens is 2. The van der Waals surface area contributed by atoms with Gasteiger partial charge in [0.05, 0.1) is 15.6 Å². The van der Waals surface area contributed by atoms with Crippen LogP contribution in [0, 0.1) is 0 Å². The SMILES string of the molecule is C[C@H]1Cc2cc(S(=O)(=O)N3CCCC3)ccc2N1S(=O)(=O)c1cc(Cl)ccc1Cl. The van der Waals surface area contributed by atoms with Gasteiger partial charge in [0.25, 0.3) is 10.0 Å². The molecule has 0 saturated carbocycles. The van der Waals surface area contributed by atoms with E-state index in [2.05, 4.69) is 0 Å². The van der Waals surface area contributed by atoms with Gasteiger partial charge in [-0.2, -0.15) is 4.31 Å². The summed E-state index contributed by atoms with van der Waals surface area (Å²) in [4.78, 5) is 0.130. The van der Waals surface area contributed by atoms with E-state index in [0.29, 0.717) is 30.8 Å². The van der Waals surface area contributed by atoms with E-state index in [1.54, 1.807) is 19.1 Å². The maximum Gasteiger partial charge on any atom is 0.266 e. The van der Waals surface area contributed by atoms with Gasteiger partial charge in [-0.05, 0) is 68.1 Å². The third kappa shape index (κ3) is 3.55. The Morgan fingerprint density at radius 2 is 1.62 bits per heavy atom. The van der Waals surface area contributed by atoms with Gasteiger partial charge in [0, 0.05) is 24.2 Å². The molecule has 1 atom stereocenters. The molecule has 156 valence electrons. The molecule has 2 aromatic carbocycles. The maximum atomic E-state index is 13.3. The summed E-state index contributed by atoms with van der Waals surface area (Å²) in [6, 6.07) is 8.56. The van der Waals surface area contributed by atoms with Crippen molar-refractivity contribution in [2.45, 2.75) is 42.0 Å². The van der Waals surface area contributed by atoms with Crippen molar-refractivity contribution < 1.29 is 16.8 Å². The summed E-state index contributed by atoms with van der Waals surface area (Å²) in [5.41, 5.74) is 1.15. The van der Waals surface area contributed by atoms with Gasteiger partial charge in [-0.1, -0.05) is 23.2 Å². The van der Waals surface area contributed by atoms with Crippen LogP contribution in [-0.2, 0) is 26.5 Å². The highest BCUT2D eigenvalue weighted by atomic mass is 35.5. The lowest BCUT2D eigenvalue weighted by atomic mass is 10.1. The predicted molar refractivity (Wildman–Crippen MR) is 114 cm³/mol. The predicted octanol–water partition coefficient (Wildman–Crippen LogP) is 3.92. The summed E-state index contributed by atoms with van der Waals surface area (Å²) in [5, 5.41) is 0.357. The van der Waals surface area contributed by atoms with Crippen molar-refractivity contribution in [2.75, 3.05) is 17.4 Å². The molecule has 2 heterocycles. The number of rotatable bonds is 4. The average Bonchev–Trinajstić information content (AvgIpc) is 3.30. The van der Waals surface area contributed by atoms with Crippen LogP contribution in [0.2, 0.25) is 10.0 Å². The maximum absolute atomic E-state index is 13.3. The average molecular weight is 475 g/mol. The van der Waals surface area contributed by atoms with E-state index in [9.17, 15) is 16.8 Å². The van der Waals surface area contributed by atoms with E-state index in [-0.39, 0.29) is 25.9 Å². The van der Waals surface area contributed by atoms with Crippen molar-refractivity contribution in [3.63, 3.8) is 0 Å². The monoisotopic (exact) mass is 474 g/mol. The van der Waals surface area contributed by atoms with Crippen LogP contribution in [0.1, 0.15) is 25.3 Å². The first-order chi connectivity index (χ1) is 13.6. The fourth-order valence-corrected chi connectivity index (χ4v) is 7.97. The van der Waals surface area contributed by atoms with E-state index >= 15 is 0 Å². The Balaban J connectivity index is 1.76. The summed E-state index contributed by atoms with van der Waals surface area (Å²) in [6.45, 7) is 2.82. The van der Waals surface area contributed by atoms with Crippen molar-refractivity contribution >= 4 is 48.9 Å². The van der Waals surface area contributed by atoms with Crippen molar-refractivity contribution in [1.82, 2.24) is 4.31 Å². The molecule has 10 heteroatoms. The zero-order chi connectivity index (χ0) is 21.0. The van der Waals surface area contributed by atoms with Crippen LogP contribution in [0.3, 0.4) is 0 Å². The topological polar surface area (TPSA) is 74.8 Å². The Bertz CT molecular complexity index is 1180. The lowest BCUT2D eigenvalue weighted by Gasteiger charge is -2.25. The molecule has 0 amide bonds. The molecule has 0 radical (unpaired) electrons. The molecule has 2 aromatic rings. The Hall–Kier alpha value is -1.32. The second-order valence-corrected chi connectivity index (χ2v) is 11.9. The van der Waals surface area contributed by atoms with Crippen LogP contribution in [0.15, 0.2) is 46.2 Å². The highest BCUT2D eigenvalue weighted by molar-refractivity contribution is 7.93. The molecule has 2 aliphatic rings. The summed E-state index contributed by atoms with van der Waals surface area (Å²) in [7, 11) is -7.53. The van der Waals surface area contributed by atoms with Crippen LogP contribution in [0.5, 0.6) is 0 Å². The molecule has 2 aliphatic heterocycles. The minimum absolute atomic E-state index is 0.0693. The third-order valence-corrected chi connectivity index (χ3v) is 9.88. The van der Waals surface area contributed by atoms with Crippen molar-refractivity contribution in [2.24, 2.45) is 0 Å². The quantitative estimate of drug-likeness (QED) is 0.672. The molecule has 4 rings (SSSR count). The van der Waals surface area contributed by atoms with Gasteiger partial charge in [-0.15, -0.1) is 0 Å². The fourth-order valence-electron chi connectivity index (χ4n) is 3.96. The van der Waals surface area contributed by atoms with Gasteiger partial charge < -0.3 is 0 Å². The summed E-state index contributed by atoms with van der Waals surface area (Å²) in [6.07, 6.45) is 2.12. The molecule has 0 aromatic heterocycles. The Morgan fingerprint density at radius 3 is 2.31 bits per heavy atom. The largest absolute Gasteiger partial charge is 0.266 e. The zero-order valence-corrected chi connectivity index (χ0v) is 18.8. The normalized spacial score (nSPS) is 20.2. The van der Waals surface area contributed by atoms with E-state index in [1.807, 2.05) is 0 Å². The smallest absolute Gasteiger partial charge is 0.263 e. The highest BCUT2D eigenvalue weighted by Gasteiger charge is 2.38. The van der Waals surface area contributed by atoms with Gasteiger partial charge in [-0.3, -0.25) is 4.31 Å². The van der Waals surface area contributed by atoms with E-state index in [4.69, 9.17) is 23.2 Å². The summed E-state index contributed by atoms with van der Waals surface area (Å²) < 4.78 is 55.2. The number of fused-ring (bicyclic) bond motifs is 1. The number of benzene rings is 2. The molecule has 0 N–H and O–H groups in total. The van der Waals surface area contributed by atoms with Crippen LogP contribution in [0.4, 0.5) is 5.69 Å². The van der Waals surface area contributed by atoms with Crippen molar-refractivity contribution in [1.29, 1.82) is 0 Å². The standard InChI is InChI=1S/C19H20Cl2N2O4S2/c1-13-10-14-11-16(28(24,25)22-8-2-3-9-22)5-7-18(14)23(13)29(26,27)19-12-15(20)4-6-17(19)21/h4-7,11-13H,2-3,8-10H2,1H3/t13-/m0/s1. The lowest BCUT2D eigenvalue weighted by Crippen LogP contribution is -2.35. The molecular weight excluding hydrogens is 455 g/mol. The van der Waals surface area contributed by atoms with Crippen molar-refractivity contribution in [3.05, 3.63) is 52.0 Å². The molecule has 0 bridgehead atoms. The Morgan fingerprint density at radius 1 is 0.931 bits per heavy atom. The minimum atomic E-state index is -3.96. The van der Waals surface area contributed by atoms with Gasteiger partial charge in [0.2, 0.25) is 10.0 Å². The van der Waals surface area contributed by atoms with Gasteiger partial charge in [0.1, 0.15) is 4.90 Å². The van der Waals surface area contributed by atoms with Gasteiger partial charge >= 0.3 is 0 Å². The zero-order valence-electron chi connectivity index (χ0n) is 15.7. The molecular formula is C19H20Cl2N2O4S2. The number of nitrogens with zero attached hydrogens (tertiary/aromatic N) is 2. The molecule has 29 heavy (non-hydrogen) atoms. The lowest BCUT2D eigenvalue weighted by molar-refractivity contribution is 0.477. The molecule has 1 saturated heterocycles. The third-order valence-electron chi connectivity index (χ3n) is 5.34. The summed E-state index contributed by atoms with van der Waals surface area (Å²) in [5.74, 6) is 0. The van der Waals surface area contributed by atoms with Gasteiger partial charge in [-0.25, -0.2) is 16.8 Å². The Kier molecular flexibility index (Phi) is 5.36. The second-order valence-electron chi connectivity index (χ2n) is 7.33. The van der Waals surface area contributed by atoms with E-state index in [1.165, 1.54) is 32.9 Å². The molecule has 0 spiro atoms. The number of hydrogen-bond acceptors (Lipinski definition) is 4. The number of hydrogen-bond donors (Lipinski definition) is 0. The molecule has 0 aliphatic carbocycles. The van der Waals surface area contributed by atoms with Crippen LogP contribution in [-0.4, -0.2) is 40.3 Å². The highest BCUT2D eigenvalue weighted by Crippen LogP contribution is 2.40.